The van der Waals surface area contributed by atoms with Gasteiger partial charge in [-0.1, -0.05) is 43.3 Å². The van der Waals surface area contributed by atoms with Crippen LogP contribution in [-0.4, -0.2) is 41.4 Å². The number of hydrogen-bond acceptors (Lipinski definition) is 7. The minimum absolute atomic E-state index is 0.0904. The van der Waals surface area contributed by atoms with E-state index in [1.807, 2.05) is 0 Å². The zero-order chi connectivity index (χ0) is 22.6. The number of ether oxygens (including phenoxy) is 2. The van der Waals surface area contributed by atoms with Crippen molar-refractivity contribution in [3.63, 3.8) is 0 Å². The molecule has 0 bridgehead atoms. The second-order valence-corrected chi connectivity index (χ2v) is 6.48. The first-order chi connectivity index (χ1) is 14.9. The van der Waals surface area contributed by atoms with Gasteiger partial charge in [-0.3, -0.25) is 20.1 Å². The van der Waals surface area contributed by atoms with Crippen LogP contribution in [0, 0.1) is 5.92 Å². The van der Waals surface area contributed by atoms with Crippen molar-refractivity contribution < 1.29 is 34.2 Å². The van der Waals surface area contributed by atoms with Gasteiger partial charge in [0.1, 0.15) is 18.5 Å². The molecule has 0 saturated carbocycles. The maximum absolute atomic E-state index is 12.4. The molecule has 0 spiro atoms. The number of nitrogens with one attached hydrogen (secondary N) is 2. The van der Waals surface area contributed by atoms with Crippen LogP contribution < -0.4 is 15.5 Å². The SMILES string of the molecule is C[C@H](/C=C/C(=O)NO)[C@H](OC(=O)NC(=O)c1ccccc1)c1cccc(OCCO)c1. The number of carbonyl (C=O) groups is 3. The van der Waals surface area contributed by atoms with Crippen molar-refractivity contribution in [1.82, 2.24) is 10.8 Å². The molecule has 2 atom stereocenters. The summed E-state index contributed by atoms with van der Waals surface area (Å²) in [5.41, 5.74) is 2.32. The summed E-state index contributed by atoms with van der Waals surface area (Å²) in [6.45, 7) is 1.62. The van der Waals surface area contributed by atoms with Crippen molar-refractivity contribution in [3.8, 4) is 5.75 Å². The van der Waals surface area contributed by atoms with Crippen LogP contribution in [0.3, 0.4) is 0 Å². The Hall–Kier alpha value is -3.69. The summed E-state index contributed by atoms with van der Waals surface area (Å²) in [5, 5.41) is 19.8. The summed E-state index contributed by atoms with van der Waals surface area (Å²) >= 11 is 0. The van der Waals surface area contributed by atoms with Gasteiger partial charge in [-0.05, 0) is 29.8 Å². The molecule has 0 aromatic heterocycles. The maximum atomic E-state index is 12.4. The maximum Gasteiger partial charge on any atom is 0.414 e. The summed E-state index contributed by atoms with van der Waals surface area (Å²) in [4.78, 5) is 35.9. The average molecular weight is 428 g/mol. The third-order valence-corrected chi connectivity index (χ3v) is 4.17. The summed E-state index contributed by atoms with van der Waals surface area (Å²) in [6.07, 6.45) is 0.695. The highest BCUT2D eigenvalue weighted by atomic mass is 16.6. The van der Waals surface area contributed by atoms with Crippen molar-refractivity contribution in [3.05, 3.63) is 77.9 Å². The van der Waals surface area contributed by atoms with Crippen LogP contribution in [0.5, 0.6) is 5.75 Å². The fraction of sp³-hybridized carbons (Fsp3) is 0.227. The van der Waals surface area contributed by atoms with E-state index in [1.54, 1.807) is 61.5 Å². The van der Waals surface area contributed by atoms with Gasteiger partial charge in [0, 0.05) is 17.6 Å². The Kier molecular flexibility index (Phi) is 9.21. The standard InChI is InChI=1S/C22H24N2O7/c1-15(10-11-19(26)24-29)20(17-8-5-9-18(14-17)30-13-12-25)31-22(28)23-21(27)16-6-3-2-4-7-16/h2-11,14-15,20,25,29H,12-13H2,1H3,(H,24,26)(H,23,27,28)/b11-10+/t15-,20+/m1/s1. The molecular formula is C22H24N2O7. The number of benzene rings is 2. The van der Waals surface area contributed by atoms with E-state index in [0.717, 1.165) is 6.08 Å². The number of hydroxylamine groups is 1. The topological polar surface area (TPSA) is 134 Å². The molecular weight excluding hydrogens is 404 g/mol. The first-order valence-corrected chi connectivity index (χ1v) is 9.47. The van der Waals surface area contributed by atoms with Gasteiger partial charge in [0.2, 0.25) is 0 Å². The van der Waals surface area contributed by atoms with Crippen molar-refractivity contribution in [2.45, 2.75) is 13.0 Å². The van der Waals surface area contributed by atoms with Crippen LogP contribution in [0.4, 0.5) is 4.79 Å². The van der Waals surface area contributed by atoms with Crippen molar-refractivity contribution in [2.75, 3.05) is 13.2 Å². The molecule has 2 aromatic carbocycles. The molecule has 3 amide bonds. The van der Waals surface area contributed by atoms with Gasteiger partial charge in [0.15, 0.2) is 0 Å². The first-order valence-electron chi connectivity index (χ1n) is 9.47. The van der Waals surface area contributed by atoms with E-state index in [0.29, 0.717) is 16.9 Å². The van der Waals surface area contributed by atoms with Gasteiger partial charge < -0.3 is 14.6 Å². The zero-order valence-corrected chi connectivity index (χ0v) is 16.9. The van der Waals surface area contributed by atoms with Gasteiger partial charge >= 0.3 is 6.09 Å². The Morgan fingerprint density at radius 3 is 2.52 bits per heavy atom. The van der Waals surface area contributed by atoms with Gasteiger partial charge in [0.25, 0.3) is 11.8 Å². The molecule has 0 aliphatic heterocycles. The molecule has 9 nitrogen and oxygen atoms in total. The highest BCUT2D eigenvalue weighted by Gasteiger charge is 2.24. The molecule has 9 heteroatoms. The number of amides is 3. The van der Waals surface area contributed by atoms with E-state index in [2.05, 4.69) is 5.32 Å². The van der Waals surface area contributed by atoms with Crippen LogP contribution in [0.2, 0.25) is 0 Å². The lowest BCUT2D eigenvalue weighted by atomic mass is 9.96. The normalized spacial score (nSPS) is 12.6. The lowest BCUT2D eigenvalue weighted by molar-refractivity contribution is -0.124. The molecule has 4 N–H and O–H groups in total. The third kappa shape index (κ3) is 7.57. The number of imide groups is 1. The van der Waals surface area contributed by atoms with Crippen LogP contribution in [0.1, 0.15) is 28.9 Å². The van der Waals surface area contributed by atoms with Gasteiger partial charge in [-0.15, -0.1) is 0 Å². The molecule has 0 radical (unpaired) electrons. The third-order valence-electron chi connectivity index (χ3n) is 4.17. The molecule has 0 heterocycles. The number of carbonyl (C=O) groups excluding carboxylic acids is 3. The van der Waals surface area contributed by atoms with Crippen LogP contribution in [0.25, 0.3) is 0 Å². The van der Waals surface area contributed by atoms with Crippen LogP contribution >= 0.6 is 0 Å². The summed E-state index contributed by atoms with van der Waals surface area (Å²) < 4.78 is 10.9. The smallest absolute Gasteiger partial charge is 0.414 e. The quantitative estimate of drug-likeness (QED) is 0.274. The monoisotopic (exact) mass is 428 g/mol. The number of hydrogen-bond donors (Lipinski definition) is 4. The van der Waals surface area contributed by atoms with E-state index in [4.69, 9.17) is 19.8 Å². The van der Waals surface area contributed by atoms with Crippen molar-refractivity contribution in [2.24, 2.45) is 5.92 Å². The first kappa shape index (κ1) is 23.6. The summed E-state index contributed by atoms with van der Waals surface area (Å²) in [7, 11) is 0. The molecule has 2 rings (SSSR count). The van der Waals surface area contributed by atoms with E-state index in [1.165, 1.54) is 11.6 Å². The fourth-order valence-electron chi connectivity index (χ4n) is 2.70. The van der Waals surface area contributed by atoms with Gasteiger partial charge in [0.05, 0.1) is 6.61 Å². The average Bonchev–Trinajstić information content (AvgIpc) is 2.80. The van der Waals surface area contributed by atoms with Crippen LogP contribution in [-0.2, 0) is 9.53 Å². The molecule has 164 valence electrons. The number of rotatable bonds is 9. The van der Waals surface area contributed by atoms with Crippen molar-refractivity contribution >= 4 is 17.9 Å². The molecule has 0 aliphatic carbocycles. The van der Waals surface area contributed by atoms with E-state index >= 15 is 0 Å². The highest BCUT2D eigenvalue weighted by molar-refractivity contribution is 6.02. The number of aliphatic hydroxyl groups excluding tert-OH is 1. The molecule has 0 aliphatic rings. The lowest BCUT2D eigenvalue weighted by Gasteiger charge is -2.23. The molecule has 0 fully saturated rings. The Morgan fingerprint density at radius 1 is 1.10 bits per heavy atom. The second-order valence-electron chi connectivity index (χ2n) is 6.48. The zero-order valence-electron chi connectivity index (χ0n) is 16.9. The highest BCUT2D eigenvalue weighted by Crippen LogP contribution is 2.30. The number of aliphatic hydroxyl groups is 1. The van der Waals surface area contributed by atoms with E-state index < -0.39 is 29.9 Å². The van der Waals surface area contributed by atoms with E-state index in [9.17, 15) is 14.4 Å². The summed E-state index contributed by atoms with van der Waals surface area (Å²) in [6, 6.07) is 14.9. The molecule has 2 aromatic rings. The van der Waals surface area contributed by atoms with E-state index in [-0.39, 0.29) is 13.2 Å². The Morgan fingerprint density at radius 2 is 1.84 bits per heavy atom. The number of alkyl carbamates (subject to hydrolysis) is 1. The van der Waals surface area contributed by atoms with Crippen molar-refractivity contribution in [1.29, 1.82) is 0 Å². The predicted molar refractivity (Wildman–Crippen MR) is 110 cm³/mol. The fourth-order valence-corrected chi connectivity index (χ4v) is 2.70. The summed E-state index contributed by atoms with van der Waals surface area (Å²) in [5.74, 6) is -1.42. The Labute approximate surface area is 179 Å². The second kappa shape index (κ2) is 12.1. The predicted octanol–water partition coefficient (Wildman–Crippen LogP) is 2.36. The largest absolute Gasteiger partial charge is 0.491 e. The van der Waals surface area contributed by atoms with Crippen LogP contribution in [0.15, 0.2) is 66.7 Å². The lowest BCUT2D eigenvalue weighted by Crippen LogP contribution is -2.33. The Balaban J connectivity index is 2.20. The minimum Gasteiger partial charge on any atom is -0.491 e. The molecule has 31 heavy (non-hydrogen) atoms. The molecule has 0 unspecified atom stereocenters. The minimum atomic E-state index is -0.965. The Bertz CT molecular complexity index is 915. The van der Waals surface area contributed by atoms with Gasteiger partial charge in [-0.25, -0.2) is 10.3 Å². The van der Waals surface area contributed by atoms with Gasteiger partial charge in [-0.2, -0.15) is 0 Å². The molecule has 0 saturated heterocycles.